The van der Waals surface area contributed by atoms with Gasteiger partial charge in [-0.15, -0.1) is 0 Å². The molecule has 4 heteroatoms. The molecule has 19 heavy (non-hydrogen) atoms. The van der Waals surface area contributed by atoms with Gasteiger partial charge in [-0.05, 0) is 36.4 Å². The Labute approximate surface area is 118 Å². The number of halogens is 1. The highest BCUT2D eigenvalue weighted by molar-refractivity contribution is 9.10. The lowest BCUT2D eigenvalue weighted by Gasteiger charge is -2.05. The summed E-state index contributed by atoms with van der Waals surface area (Å²) < 4.78 is 12.1. The molecule has 0 aliphatic carbocycles. The molecule has 0 aliphatic rings. The predicted molar refractivity (Wildman–Crippen MR) is 76.4 cm³/mol. The lowest BCUT2D eigenvalue weighted by atomic mass is 10.1. The Morgan fingerprint density at radius 1 is 1.11 bits per heavy atom. The number of hydrogen-bond acceptors (Lipinski definition) is 3. The molecule has 0 radical (unpaired) electrons. The molecule has 3 aromatic rings. The van der Waals surface area contributed by atoms with Gasteiger partial charge in [0.2, 0.25) is 0 Å². The largest absolute Gasteiger partial charge is 0.507 e. The quantitative estimate of drug-likeness (QED) is 0.774. The minimum atomic E-state index is 0.209. The van der Waals surface area contributed by atoms with Crippen LogP contribution in [0.3, 0.4) is 0 Å². The first-order chi connectivity index (χ1) is 9.24. The lowest BCUT2D eigenvalue weighted by molar-refractivity contribution is 0.305. The second-order valence-corrected chi connectivity index (χ2v) is 5.07. The Hall–Kier alpha value is -1.94. The molecular formula is C15H11BrO3. The van der Waals surface area contributed by atoms with Crippen molar-refractivity contribution in [1.82, 2.24) is 0 Å². The van der Waals surface area contributed by atoms with Crippen LogP contribution in [0.4, 0.5) is 0 Å². The molecule has 96 valence electrons. The fourth-order valence-electron chi connectivity index (χ4n) is 1.93. The van der Waals surface area contributed by atoms with Crippen molar-refractivity contribution in [3.05, 3.63) is 58.8 Å². The zero-order chi connectivity index (χ0) is 13.2. The molecule has 3 rings (SSSR count). The molecule has 1 aromatic heterocycles. The smallest absolute Gasteiger partial charge is 0.138 e. The SMILES string of the molecule is Oc1cccc2occ(COc3ccc(Br)cc3)c12. The highest BCUT2D eigenvalue weighted by Gasteiger charge is 2.10. The maximum absolute atomic E-state index is 9.85. The van der Waals surface area contributed by atoms with E-state index < -0.39 is 0 Å². The van der Waals surface area contributed by atoms with Gasteiger partial charge in [0, 0.05) is 10.0 Å². The van der Waals surface area contributed by atoms with E-state index in [-0.39, 0.29) is 5.75 Å². The molecule has 1 N–H and O–H groups in total. The first-order valence-corrected chi connectivity index (χ1v) is 6.60. The molecule has 1 heterocycles. The minimum absolute atomic E-state index is 0.209. The number of phenols is 1. The van der Waals surface area contributed by atoms with Crippen molar-refractivity contribution in [2.75, 3.05) is 0 Å². The van der Waals surface area contributed by atoms with Gasteiger partial charge in [0.15, 0.2) is 0 Å². The predicted octanol–water partition coefficient (Wildman–Crippen LogP) is 4.48. The molecule has 0 saturated heterocycles. The standard InChI is InChI=1S/C15H11BrO3/c16-11-4-6-12(7-5-11)18-8-10-9-19-14-3-1-2-13(17)15(10)14/h1-7,9,17H,8H2. The van der Waals surface area contributed by atoms with Crippen LogP contribution in [0.2, 0.25) is 0 Å². The van der Waals surface area contributed by atoms with Crippen molar-refractivity contribution < 1.29 is 14.3 Å². The van der Waals surface area contributed by atoms with Crippen LogP contribution in [0, 0.1) is 0 Å². The molecule has 0 aliphatic heterocycles. The first-order valence-electron chi connectivity index (χ1n) is 5.80. The molecule has 0 spiro atoms. The zero-order valence-electron chi connectivity index (χ0n) is 9.97. The van der Waals surface area contributed by atoms with E-state index in [1.807, 2.05) is 30.3 Å². The van der Waals surface area contributed by atoms with Gasteiger partial charge in [-0.25, -0.2) is 0 Å². The van der Waals surface area contributed by atoms with Gasteiger partial charge in [0.25, 0.3) is 0 Å². The molecular weight excluding hydrogens is 308 g/mol. The summed E-state index contributed by atoms with van der Waals surface area (Å²) in [6.07, 6.45) is 1.61. The van der Waals surface area contributed by atoms with Crippen LogP contribution in [0.5, 0.6) is 11.5 Å². The third-order valence-electron chi connectivity index (χ3n) is 2.86. The van der Waals surface area contributed by atoms with Gasteiger partial charge in [-0.3, -0.25) is 0 Å². The van der Waals surface area contributed by atoms with Gasteiger partial charge in [-0.2, -0.15) is 0 Å². The summed E-state index contributed by atoms with van der Waals surface area (Å²) in [5, 5.41) is 10.6. The van der Waals surface area contributed by atoms with Gasteiger partial charge >= 0.3 is 0 Å². The maximum Gasteiger partial charge on any atom is 0.138 e. The minimum Gasteiger partial charge on any atom is -0.507 e. The van der Waals surface area contributed by atoms with Crippen LogP contribution in [-0.4, -0.2) is 5.11 Å². The molecule has 0 saturated carbocycles. The summed E-state index contributed by atoms with van der Waals surface area (Å²) in [4.78, 5) is 0. The molecule has 0 unspecified atom stereocenters. The molecule has 2 aromatic carbocycles. The van der Waals surface area contributed by atoms with Crippen LogP contribution < -0.4 is 4.74 Å². The Morgan fingerprint density at radius 3 is 2.68 bits per heavy atom. The van der Waals surface area contributed by atoms with Crippen molar-refractivity contribution in [1.29, 1.82) is 0 Å². The number of benzene rings is 2. The normalized spacial score (nSPS) is 10.8. The number of hydrogen-bond donors (Lipinski definition) is 1. The number of fused-ring (bicyclic) bond motifs is 1. The summed E-state index contributed by atoms with van der Waals surface area (Å²) in [5.41, 5.74) is 1.49. The lowest BCUT2D eigenvalue weighted by Crippen LogP contribution is -1.94. The van der Waals surface area contributed by atoms with E-state index in [9.17, 15) is 5.11 Å². The number of furan rings is 1. The molecule has 0 bridgehead atoms. The second kappa shape index (κ2) is 4.97. The highest BCUT2D eigenvalue weighted by atomic mass is 79.9. The molecule has 0 amide bonds. The van der Waals surface area contributed by atoms with Crippen LogP contribution >= 0.6 is 15.9 Å². The molecule has 3 nitrogen and oxygen atoms in total. The molecule has 0 atom stereocenters. The fourth-order valence-corrected chi connectivity index (χ4v) is 2.20. The summed E-state index contributed by atoms with van der Waals surface area (Å²) in [7, 11) is 0. The first kappa shape index (κ1) is 12.1. The Morgan fingerprint density at radius 2 is 1.89 bits per heavy atom. The molecule has 0 fully saturated rings. The van der Waals surface area contributed by atoms with Crippen molar-refractivity contribution in [3.63, 3.8) is 0 Å². The van der Waals surface area contributed by atoms with Crippen molar-refractivity contribution in [3.8, 4) is 11.5 Å². The summed E-state index contributed by atoms with van der Waals surface area (Å²) in [6, 6.07) is 12.8. The third-order valence-corrected chi connectivity index (χ3v) is 3.39. The van der Waals surface area contributed by atoms with E-state index in [1.165, 1.54) is 0 Å². The monoisotopic (exact) mass is 318 g/mol. The Bertz CT molecular complexity index is 701. The average Bonchev–Trinajstić information content (AvgIpc) is 2.83. The number of phenolic OH excluding ortho intramolecular Hbond substituents is 1. The second-order valence-electron chi connectivity index (χ2n) is 4.15. The topological polar surface area (TPSA) is 42.6 Å². The summed E-state index contributed by atoms with van der Waals surface area (Å²) in [6.45, 7) is 0.353. The van der Waals surface area contributed by atoms with E-state index in [2.05, 4.69) is 15.9 Å². The number of rotatable bonds is 3. The van der Waals surface area contributed by atoms with Crippen LogP contribution in [0.1, 0.15) is 5.56 Å². The fraction of sp³-hybridized carbons (Fsp3) is 0.0667. The van der Waals surface area contributed by atoms with E-state index in [0.717, 1.165) is 15.8 Å². The Kier molecular flexibility index (Phi) is 3.17. The zero-order valence-corrected chi connectivity index (χ0v) is 11.6. The van der Waals surface area contributed by atoms with Gasteiger partial charge in [-0.1, -0.05) is 22.0 Å². The summed E-state index contributed by atoms with van der Waals surface area (Å²) in [5.74, 6) is 0.980. The van der Waals surface area contributed by atoms with Gasteiger partial charge < -0.3 is 14.3 Å². The number of ether oxygens (including phenoxy) is 1. The van der Waals surface area contributed by atoms with E-state index >= 15 is 0 Å². The summed E-state index contributed by atoms with van der Waals surface area (Å²) >= 11 is 3.37. The van der Waals surface area contributed by atoms with Crippen molar-refractivity contribution >= 4 is 26.9 Å². The van der Waals surface area contributed by atoms with E-state index in [1.54, 1.807) is 18.4 Å². The van der Waals surface area contributed by atoms with Crippen LogP contribution in [0.25, 0.3) is 11.0 Å². The van der Waals surface area contributed by atoms with Gasteiger partial charge in [0.1, 0.15) is 23.7 Å². The van der Waals surface area contributed by atoms with E-state index in [0.29, 0.717) is 17.6 Å². The third kappa shape index (κ3) is 2.44. The van der Waals surface area contributed by atoms with Crippen LogP contribution in [0.15, 0.2) is 57.6 Å². The van der Waals surface area contributed by atoms with E-state index in [4.69, 9.17) is 9.15 Å². The van der Waals surface area contributed by atoms with Crippen LogP contribution in [-0.2, 0) is 6.61 Å². The number of aromatic hydroxyl groups is 1. The highest BCUT2D eigenvalue weighted by Crippen LogP contribution is 2.30. The van der Waals surface area contributed by atoms with Gasteiger partial charge in [0.05, 0.1) is 11.6 Å². The average molecular weight is 319 g/mol. The maximum atomic E-state index is 9.85. The van der Waals surface area contributed by atoms with Crippen molar-refractivity contribution in [2.24, 2.45) is 0 Å². The van der Waals surface area contributed by atoms with Crippen molar-refractivity contribution in [2.45, 2.75) is 6.61 Å². The Balaban J connectivity index is 1.84.